The molecule has 12 heavy (non-hydrogen) atoms. The van der Waals surface area contributed by atoms with Crippen LogP contribution in [0.15, 0.2) is 0 Å². The third kappa shape index (κ3) is 2.23. The maximum absolute atomic E-state index is 8.90. The van der Waals surface area contributed by atoms with Gasteiger partial charge in [-0.05, 0) is 31.6 Å². The van der Waals surface area contributed by atoms with Crippen molar-refractivity contribution in [2.45, 2.75) is 31.0 Å². The second-order valence-corrected chi connectivity index (χ2v) is 5.95. The number of rotatable bonds is 3. The predicted octanol–water partition coefficient (Wildman–Crippen LogP) is -0.622. The van der Waals surface area contributed by atoms with Crippen LogP contribution >= 0.6 is 6.72 Å². The maximum atomic E-state index is 8.90. The Hall–Kier alpha value is 0.450. The van der Waals surface area contributed by atoms with Gasteiger partial charge >= 0.3 is 6.72 Å². The average molecular weight is 212 g/mol. The van der Waals surface area contributed by atoms with E-state index in [0.717, 1.165) is 0 Å². The van der Waals surface area contributed by atoms with Crippen molar-refractivity contribution in [2.75, 3.05) is 0 Å². The van der Waals surface area contributed by atoms with Gasteiger partial charge in [-0.2, -0.15) is 0 Å². The summed E-state index contributed by atoms with van der Waals surface area (Å²) in [6.45, 7) is -2.07. The molecule has 0 aromatic rings. The zero-order valence-electron chi connectivity index (χ0n) is 6.73. The van der Waals surface area contributed by atoms with Gasteiger partial charge < -0.3 is 21.3 Å². The molecule has 1 aliphatic rings. The van der Waals surface area contributed by atoms with Crippen LogP contribution in [0.1, 0.15) is 19.8 Å². The van der Waals surface area contributed by atoms with Crippen molar-refractivity contribution >= 4 is 18.5 Å². The first-order valence-electron chi connectivity index (χ1n) is 3.50. The zero-order chi connectivity index (χ0) is 9.62. The van der Waals surface area contributed by atoms with E-state index < -0.39 is 18.0 Å². The van der Waals surface area contributed by atoms with Gasteiger partial charge in [0.2, 0.25) is 0 Å². The summed E-state index contributed by atoms with van der Waals surface area (Å²) in [5, 5.41) is 0. The Labute approximate surface area is 76.0 Å². The highest BCUT2D eigenvalue weighted by molar-refractivity contribution is 8.06. The molecular formula is C5H13N2O3PS. The SMILES string of the molecule is CC(N)(N)C1(OP(O)(O)=S)CC1. The zero-order valence-corrected chi connectivity index (χ0v) is 8.44. The van der Waals surface area contributed by atoms with E-state index in [1.807, 2.05) is 0 Å². The molecule has 7 heteroatoms. The Balaban J connectivity index is 2.70. The lowest BCUT2D eigenvalue weighted by Crippen LogP contribution is -2.58. The first kappa shape index (κ1) is 10.5. The highest BCUT2D eigenvalue weighted by Gasteiger charge is 2.57. The fourth-order valence-corrected chi connectivity index (χ4v) is 2.33. The van der Waals surface area contributed by atoms with Gasteiger partial charge in [0.05, 0.1) is 5.66 Å². The molecule has 0 aromatic heterocycles. The molecule has 1 fully saturated rings. The molecule has 0 bridgehead atoms. The molecule has 0 atom stereocenters. The smallest absolute Gasteiger partial charge is 0.322 e. The van der Waals surface area contributed by atoms with Crippen molar-refractivity contribution in [1.29, 1.82) is 0 Å². The molecule has 0 aromatic carbocycles. The van der Waals surface area contributed by atoms with Gasteiger partial charge in [-0.25, -0.2) is 0 Å². The van der Waals surface area contributed by atoms with Crippen molar-refractivity contribution in [3.05, 3.63) is 0 Å². The van der Waals surface area contributed by atoms with Crippen molar-refractivity contribution in [1.82, 2.24) is 0 Å². The van der Waals surface area contributed by atoms with E-state index in [1.54, 1.807) is 6.92 Å². The molecule has 0 spiro atoms. The van der Waals surface area contributed by atoms with E-state index in [9.17, 15) is 0 Å². The van der Waals surface area contributed by atoms with Gasteiger partial charge in [0.1, 0.15) is 5.60 Å². The summed E-state index contributed by atoms with van der Waals surface area (Å²) < 4.78 is 4.89. The van der Waals surface area contributed by atoms with E-state index in [2.05, 4.69) is 11.8 Å². The lowest BCUT2D eigenvalue weighted by Gasteiger charge is -2.31. The molecule has 0 heterocycles. The summed E-state index contributed by atoms with van der Waals surface area (Å²) in [7, 11) is 0. The lowest BCUT2D eigenvalue weighted by atomic mass is 10.1. The monoisotopic (exact) mass is 212 g/mol. The minimum absolute atomic E-state index is 0.621. The van der Waals surface area contributed by atoms with E-state index in [-0.39, 0.29) is 0 Å². The molecule has 0 saturated heterocycles. The number of hydrogen-bond donors (Lipinski definition) is 4. The molecule has 0 unspecified atom stereocenters. The Morgan fingerprint density at radius 3 is 2.00 bits per heavy atom. The summed E-state index contributed by atoms with van der Waals surface area (Å²) in [5.41, 5.74) is 9.28. The van der Waals surface area contributed by atoms with E-state index in [4.69, 9.17) is 25.8 Å². The van der Waals surface area contributed by atoms with E-state index in [1.165, 1.54) is 0 Å². The molecule has 0 radical (unpaired) electrons. The molecular weight excluding hydrogens is 199 g/mol. The van der Waals surface area contributed by atoms with Crippen LogP contribution < -0.4 is 11.5 Å². The normalized spacial score (nSPS) is 22.4. The molecule has 1 rings (SSSR count). The summed E-state index contributed by atoms with van der Waals surface area (Å²) in [6, 6.07) is 0. The number of nitrogens with two attached hydrogens (primary N) is 2. The Morgan fingerprint density at radius 2 is 1.92 bits per heavy atom. The van der Waals surface area contributed by atoms with Crippen LogP contribution in [-0.4, -0.2) is 21.1 Å². The Bertz CT molecular complexity index is 229. The highest BCUT2D eigenvalue weighted by Crippen LogP contribution is 2.55. The van der Waals surface area contributed by atoms with Crippen LogP contribution in [0.5, 0.6) is 0 Å². The van der Waals surface area contributed by atoms with Crippen molar-refractivity contribution < 1.29 is 14.3 Å². The number of hydrogen-bond acceptors (Lipinski definition) is 4. The lowest BCUT2D eigenvalue weighted by molar-refractivity contribution is 0.0799. The van der Waals surface area contributed by atoms with Gasteiger partial charge in [-0.3, -0.25) is 4.52 Å². The molecule has 5 nitrogen and oxygen atoms in total. The minimum Gasteiger partial charge on any atom is -0.325 e. The largest absolute Gasteiger partial charge is 0.325 e. The maximum Gasteiger partial charge on any atom is 0.322 e. The van der Waals surface area contributed by atoms with Crippen molar-refractivity contribution in [2.24, 2.45) is 11.5 Å². The molecule has 0 amide bonds. The van der Waals surface area contributed by atoms with E-state index >= 15 is 0 Å². The van der Waals surface area contributed by atoms with Crippen LogP contribution in [-0.2, 0) is 16.3 Å². The average Bonchev–Trinajstić information content (AvgIpc) is 2.39. The molecule has 1 aliphatic carbocycles. The fourth-order valence-electron chi connectivity index (χ4n) is 1.07. The van der Waals surface area contributed by atoms with Crippen LogP contribution in [0.2, 0.25) is 0 Å². The molecule has 6 N–H and O–H groups in total. The highest BCUT2D eigenvalue weighted by atomic mass is 32.5. The topological polar surface area (TPSA) is 102 Å². The molecule has 72 valence electrons. The standard InChI is InChI=1S/C5H13N2O3PS/c1-4(6,7)5(2-3-5)10-11(8,9)12/h2-3,6-7H2,1H3,(H2,8,9,12). The predicted molar refractivity (Wildman–Crippen MR) is 48.6 cm³/mol. The first-order valence-corrected chi connectivity index (χ1v) is 6.13. The van der Waals surface area contributed by atoms with Crippen molar-refractivity contribution in [3.8, 4) is 0 Å². The van der Waals surface area contributed by atoms with Crippen molar-refractivity contribution in [3.63, 3.8) is 0 Å². The summed E-state index contributed by atoms with van der Waals surface area (Å²) in [6.07, 6.45) is 1.24. The minimum atomic E-state index is -3.65. The summed E-state index contributed by atoms with van der Waals surface area (Å²) in [4.78, 5) is 17.8. The van der Waals surface area contributed by atoms with Gasteiger partial charge in [0.25, 0.3) is 0 Å². The third-order valence-corrected chi connectivity index (χ3v) is 2.79. The van der Waals surface area contributed by atoms with Gasteiger partial charge in [0.15, 0.2) is 0 Å². The Morgan fingerprint density at radius 1 is 1.50 bits per heavy atom. The van der Waals surface area contributed by atoms with Crippen LogP contribution in [0, 0.1) is 0 Å². The Kier molecular flexibility index (Phi) is 2.38. The molecule has 1 saturated carbocycles. The second-order valence-electron chi connectivity index (χ2n) is 3.36. The van der Waals surface area contributed by atoms with E-state index in [0.29, 0.717) is 12.8 Å². The van der Waals surface area contributed by atoms with Gasteiger partial charge in [0, 0.05) is 0 Å². The van der Waals surface area contributed by atoms with Crippen LogP contribution in [0.3, 0.4) is 0 Å². The van der Waals surface area contributed by atoms with Crippen LogP contribution in [0.4, 0.5) is 0 Å². The van der Waals surface area contributed by atoms with Gasteiger partial charge in [-0.15, -0.1) is 0 Å². The van der Waals surface area contributed by atoms with Gasteiger partial charge in [-0.1, -0.05) is 0 Å². The quantitative estimate of drug-likeness (QED) is 0.367. The summed E-state index contributed by atoms with van der Waals surface area (Å²) in [5.74, 6) is 0. The first-order chi connectivity index (χ1) is 5.16. The summed E-state index contributed by atoms with van der Waals surface area (Å²) >= 11 is 4.33. The third-order valence-electron chi connectivity index (χ3n) is 1.98. The molecule has 0 aliphatic heterocycles. The second kappa shape index (κ2) is 2.72. The fraction of sp³-hybridized carbons (Fsp3) is 1.00. The van der Waals surface area contributed by atoms with Crippen LogP contribution in [0.25, 0.3) is 0 Å².